The number of hydrogen-bond donors (Lipinski definition) is 0. The molecule has 18 rings (SSSR count). The minimum absolute atomic E-state index is 0.836. The van der Waals surface area contributed by atoms with Crippen LogP contribution < -0.4 is 46.4 Å². The molecule has 0 fully saturated rings. The molecule has 103 heavy (non-hydrogen) atoms. The average molecular weight is 1370 g/mol. The number of aromatic nitrogens is 3. The molecule has 18 aromatic rings. The van der Waals surface area contributed by atoms with E-state index in [9.17, 15) is 0 Å². The minimum Gasteiger partial charge on any atom is -0.309 e. The van der Waals surface area contributed by atoms with Crippen LogP contribution in [0.5, 0.6) is 0 Å². The molecule has 2 heterocycles. The Bertz CT molecular complexity index is 5460. The monoisotopic (exact) mass is 1360 g/mol. The first kappa shape index (κ1) is 62.6. The Balaban J connectivity index is 0.720. The van der Waals surface area contributed by atoms with Crippen molar-refractivity contribution in [2.75, 3.05) is 4.90 Å². The zero-order valence-electron chi connectivity index (χ0n) is 56.5. The zero-order valence-corrected chi connectivity index (χ0v) is 59.3. The van der Waals surface area contributed by atoms with Crippen molar-refractivity contribution in [3.05, 3.63) is 413 Å². The van der Waals surface area contributed by atoms with Crippen molar-refractivity contribution < 1.29 is 0 Å². The lowest BCUT2D eigenvalue weighted by Crippen LogP contribution is -2.74. The van der Waals surface area contributed by atoms with Gasteiger partial charge in [0.15, 0.2) is 16.1 Å². The summed E-state index contributed by atoms with van der Waals surface area (Å²) in [5, 5.41) is 13.2. The van der Waals surface area contributed by atoms with Gasteiger partial charge in [-0.15, -0.1) is 0 Å². The Morgan fingerprint density at radius 3 is 0.864 bits per heavy atom. The van der Waals surface area contributed by atoms with Gasteiger partial charge in [0, 0.05) is 33.4 Å². The number of nitrogens with zero attached hydrogens (tertiary/aromatic N) is 4. The second-order valence-electron chi connectivity index (χ2n) is 26.5. The topological polar surface area (TPSA) is 34.0 Å². The molecule has 4 nitrogen and oxygen atoms in total. The summed E-state index contributed by atoms with van der Waals surface area (Å²) < 4.78 is 12.7. The molecule has 0 saturated carbocycles. The standard InChI is InChI=1S/C96H68N4SSi2/c1-9-25-69(26-10-1)76-51-64-92-90(67-76)91-68-77(70-27-11-2-12-28-70)52-65-93(91)100(92)80-57-45-75(46-58-80)89-63-66-94(96-95(89)97-101-98-96)99(78-53-41-71(42-54-78)73-47-59-87(60-48-73)102(81-29-13-3-14-30-81,82-31-15-4-16-32-82)83-33-17-5-18-34-83)79-55-43-72(44-56-79)74-49-61-88(62-50-74)103(84-35-19-6-20-36-84,85-37-21-7-22-38-85)86-39-23-8-24-40-86/h1-68H. The van der Waals surface area contributed by atoms with E-state index in [2.05, 4.69) is 422 Å². The fourth-order valence-electron chi connectivity index (χ4n) is 16.0. The normalized spacial score (nSPS) is 11.7. The van der Waals surface area contributed by atoms with E-state index in [4.69, 9.17) is 8.75 Å². The maximum absolute atomic E-state index is 5.17. The van der Waals surface area contributed by atoms with Crippen LogP contribution in [-0.4, -0.2) is 29.5 Å². The smallest absolute Gasteiger partial charge is 0.179 e. The molecular weight excluding hydrogens is 1300 g/mol. The second kappa shape index (κ2) is 27.1. The number of hydrogen-bond acceptors (Lipinski definition) is 4. The summed E-state index contributed by atoms with van der Waals surface area (Å²) in [7, 11) is -5.42. The van der Waals surface area contributed by atoms with E-state index < -0.39 is 16.1 Å². The molecule has 0 spiro atoms. The second-order valence-corrected chi connectivity index (χ2v) is 34.6. The lowest BCUT2D eigenvalue weighted by molar-refractivity contribution is 1.18. The lowest BCUT2D eigenvalue weighted by Gasteiger charge is -2.34. The van der Waals surface area contributed by atoms with Crippen molar-refractivity contribution >= 4 is 119 Å². The van der Waals surface area contributed by atoms with Crippen LogP contribution in [0.15, 0.2) is 413 Å². The molecule has 0 aliphatic carbocycles. The Hall–Kier alpha value is -12.6. The predicted octanol–water partition coefficient (Wildman–Crippen LogP) is 19.3. The van der Waals surface area contributed by atoms with Gasteiger partial charge in [-0.1, -0.05) is 340 Å². The number of rotatable bonds is 17. The third kappa shape index (κ3) is 11.2. The van der Waals surface area contributed by atoms with Crippen molar-refractivity contribution in [1.82, 2.24) is 13.3 Å². The van der Waals surface area contributed by atoms with Crippen molar-refractivity contribution in [2.45, 2.75) is 0 Å². The van der Waals surface area contributed by atoms with E-state index in [1.54, 1.807) is 0 Å². The molecular formula is C96H68N4SSi2. The van der Waals surface area contributed by atoms with E-state index in [1.807, 2.05) is 0 Å². The van der Waals surface area contributed by atoms with Gasteiger partial charge in [0.1, 0.15) is 11.0 Å². The van der Waals surface area contributed by atoms with Crippen LogP contribution >= 0.6 is 11.7 Å². The Kier molecular flexibility index (Phi) is 16.5. The first-order valence-electron chi connectivity index (χ1n) is 35.2. The van der Waals surface area contributed by atoms with Crippen molar-refractivity contribution in [3.8, 4) is 61.3 Å². The van der Waals surface area contributed by atoms with E-state index in [-0.39, 0.29) is 0 Å². The SMILES string of the molecule is c1ccc(-c2ccc3c(c2)c2cc(-c4ccccc4)ccc2n3-c2ccc(-c3ccc(N(c4ccc(-c5ccc([Si](c6ccccc6)(c6ccccc6)c6ccccc6)cc5)cc4)c4ccc(-c5ccc([Si](c6ccccc6)(c6ccccc6)c6ccccc6)cc5)cc4)c4nsnc34)cc2)cc1. The highest BCUT2D eigenvalue weighted by atomic mass is 32.1. The van der Waals surface area contributed by atoms with Crippen LogP contribution in [0.3, 0.4) is 0 Å². The Morgan fingerprint density at radius 1 is 0.233 bits per heavy atom. The molecule has 7 heteroatoms. The third-order valence-corrected chi connectivity index (χ3v) is 31.0. The summed E-state index contributed by atoms with van der Waals surface area (Å²) in [6.07, 6.45) is 0. The first-order chi connectivity index (χ1) is 51.1. The molecule has 0 aliphatic heterocycles. The highest BCUT2D eigenvalue weighted by Gasteiger charge is 2.43. The molecule has 486 valence electrons. The molecule has 0 aliphatic rings. The first-order valence-corrected chi connectivity index (χ1v) is 39.9. The summed E-state index contributed by atoms with van der Waals surface area (Å²) >= 11 is 1.26. The van der Waals surface area contributed by atoms with Crippen molar-refractivity contribution in [2.24, 2.45) is 0 Å². The van der Waals surface area contributed by atoms with Gasteiger partial charge in [-0.2, -0.15) is 8.75 Å². The number of fused-ring (bicyclic) bond motifs is 4. The molecule has 0 unspecified atom stereocenters. The lowest BCUT2D eigenvalue weighted by atomic mass is 10.0. The van der Waals surface area contributed by atoms with Gasteiger partial charge in [-0.3, -0.25) is 0 Å². The quantitative estimate of drug-likeness (QED) is 0.0673. The van der Waals surface area contributed by atoms with Crippen molar-refractivity contribution in [1.29, 1.82) is 0 Å². The van der Waals surface area contributed by atoms with Gasteiger partial charge in [-0.25, -0.2) is 0 Å². The Morgan fingerprint density at radius 2 is 0.515 bits per heavy atom. The molecule has 16 aromatic carbocycles. The van der Waals surface area contributed by atoms with E-state index in [0.29, 0.717) is 0 Å². The van der Waals surface area contributed by atoms with Gasteiger partial charge in [0.2, 0.25) is 0 Å². The summed E-state index contributed by atoms with van der Waals surface area (Å²) in [4.78, 5) is 2.35. The fraction of sp³-hybridized carbons (Fsp3) is 0. The van der Waals surface area contributed by atoms with Crippen LogP contribution in [0.1, 0.15) is 0 Å². The van der Waals surface area contributed by atoms with Gasteiger partial charge >= 0.3 is 0 Å². The largest absolute Gasteiger partial charge is 0.309 e. The maximum Gasteiger partial charge on any atom is 0.179 e. The molecule has 0 radical (unpaired) electrons. The summed E-state index contributed by atoms with van der Waals surface area (Å²) in [6.45, 7) is 0. The number of benzene rings is 16. The van der Waals surface area contributed by atoms with Crippen molar-refractivity contribution in [3.63, 3.8) is 0 Å². The summed E-state index contributed by atoms with van der Waals surface area (Å²) in [5.41, 5.74) is 19.5. The van der Waals surface area contributed by atoms with Gasteiger partial charge in [0.25, 0.3) is 0 Å². The molecule has 0 bridgehead atoms. The van der Waals surface area contributed by atoms with Crippen LogP contribution in [-0.2, 0) is 0 Å². The van der Waals surface area contributed by atoms with Gasteiger partial charge in [0.05, 0.1) is 28.4 Å². The Labute approximate surface area is 607 Å². The molecule has 0 saturated heterocycles. The zero-order chi connectivity index (χ0) is 68.5. The molecule has 0 N–H and O–H groups in total. The summed E-state index contributed by atoms with van der Waals surface area (Å²) in [6, 6.07) is 152. The number of anilines is 3. The van der Waals surface area contributed by atoms with E-state index in [0.717, 1.165) is 78.2 Å². The van der Waals surface area contributed by atoms with E-state index >= 15 is 0 Å². The maximum atomic E-state index is 5.17. The summed E-state index contributed by atoms with van der Waals surface area (Å²) in [5.74, 6) is 0. The molecule has 0 amide bonds. The van der Waals surface area contributed by atoms with Gasteiger partial charge in [-0.05, 0) is 164 Å². The highest BCUT2D eigenvalue weighted by molar-refractivity contribution is 7.20. The average Bonchev–Trinajstić information content (AvgIpc) is 1.67. The fourth-order valence-corrected chi connectivity index (χ4v) is 26.0. The van der Waals surface area contributed by atoms with Crippen LogP contribution in [0.4, 0.5) is 17.1 Å². The molecule has 2 aromatic heterocycles. The van der Waals surface area contributed by atoms with Gasteiger partial charge < -0.3 is 9.47 Å². The minimum atomic E-state index is -2.71. The van der Waals surface area contributed by atoms with Crippen LogP contribution in [0, 0.1) is 0 Å². The molecule has 0 atom stereocenters. The third-order valence-electron chi connectivity index (χ3n) is 20.8. The highest BCUT2D eigenvalue weighted by Crippen LogP contribution is 2.44. The predicted molar refractivity (Wildman–Crippen MR) is 441 cm³/mol. The van der Waals surface area contributed by atoms with E-state index in [1.165, 1.54) is 86.2 Å². The van der Waals surface area contributed by atoms with Crippen LogP contribution in [0.25, 0.3) is 94.2 Å². The van der Waals surface area contributed by atoms with Crippen LogP contribution in [0.2, 0.25) is 0 Å².